The highest BCUT2D eigenvalue weighted by Gasteiger charge is 2.03. The standard InChI is InChI=1S/C9H17N/c1-2-10-9-7-5-3-4-6-8-9/h2-8H2,1H3. The van der Waals surface area contributed by atoms with E-state index in [1.54, 1.807) is 0 Å². The molecule has 0 aliphatic heterocycles. The maximum atomic E-state index is 4.46. The first-order chi connectivity index (χ1) is 4.93. The summed E-state index contributed by atoms with van der Waals surface area (Å²) in [6, 6.07) is 0. The Morgan fingerprint density at radius 1 is 1.10 bits per heavy atom. The van der Waals surface area contributed by atoms with Gasteiger partial charge in [-0.15, -0.1) is 0 Å². The van der Waals surface area contributed by atoms with Gasteiger partial charge in [0.2, 0.25) is 0 Å². The van der Waals surface area contributed by atoms with Crippen molar-refractivity contribution < 1.29 is 0 Å². The van der Waals surface area contributed by atoms with Gasteiger partial charge in [0.25, 0.3) is 0 Å². The highest BCUT2D eigenvalue weighted by atomic mass is 14.7. The van der Waals surface area contributed by atoms with Crippen LogP contribution in [0.3, 0.4) is 0 Å². The molecule has 1 aliphatic rings. The lowest BCUT2D eigenvalue weighted by molar-refractivity contribution is 0.702. The van der Waals surface area contributed by atoms with Crippen LogP contribution in [-0.4, -0.2) is 12.3 Å². The fourth-order valence-electron chi connectivity index (χ4n) is 1.52. The van der Waals surface area contributed by atoms with E-state index >= 15 is 0 Å². The van der Waals surface area contributed by atoms with Crippen LogP contribution in [-0.2, 0) is 0 Å². The molecule has 1 fully saturated rings. The molecule has 0 spiro atoms. The van der Waals surface area contributed by atoms with E-state index in [-0.39, 0.29) is 0 Å². The zero-order valence-electron chi connectivity index (χ0n) is 6.90. The van der Waals surface area contributed by atoms with Crippen LogP contribution in [0.4, 0.5) is 0 Å². The third-order valence-electron chi connectivity index (χ3n) is 2.06. The van der Waals surface area contributed by atoms with Gasteiger partial charge in [-0.2, -0.15) is 0 Å². The van der Waals surface area contributed by atoms with Crippen molar-refractivity contribution in [2.75, 3.05) is 6.54 Å². The molecule has 0 saturated heterocycles. The van der Waals surface area contributed by atoms with Crippen molar-refractivity contribution in [3.63, 3.8) is 0 Å². The lowest BCUT2D eigenvalue weighted by atomic mass is 10.2. The Labute approximate surface area is 63.5 Å². The molecule has 0 radical (unpaired) electrons. The van der Waals surface area contributed by atoms with Crippen LogP contribution in [0, 0.1) is 0 Å². The Morgan fingerprint density at radius 3 is 2.20 bits per heavy atom. The average Bonchev–Trinajstić information content (AvgIpc) is 2.17. The first kappa shape index (κ1) is 7.77. The second-order valence-corrected chi connectivity index (χ2v) is 2.95. The first-order valence-electron chi connectivity index (χ1n) is 4.45. The number of hydrogen-bond acceptors (Lipinski definition) is 1. The lowest BCUT2D eigenvalue weighted by Gasteiger charge is -1.98. The van der Waals surface area contributed by atoms with Crippen LogP contribution in [0.5, 0.6) is 0 Å². The predicted molar refractivity (Wildman–Crippen MR) is 45.7 cm³/mol. The van der Waals surface area contributed by atoms with Crippen molar-refractivity contribution in [1.29, 1.82) is 0 Å². The lowest BCUT2D eigenvalue weighted by Crippen LogP contribution is -1.95. The SMILES string of the molecule is CCN=C1CCCCCC1. The van der Waals surface area contributed by atoms with Gasteiger partial charge in [-0.05, 0) is 32.6 Å². The molecule has 0 heterocycles. The van der Waals surface area contributed by atoms with E-state index in [9.17, 15) is 0 Å². The minimum Gasteiger partial charge on any atom is -0.294 e. The summed E-state index contributed by atoms with van der Waals surface area (Å²) in [5, 5.41) is 0. The van der Waals surface area contributed by atoms with Gasteiger partial charge in [0.05, 0.1) is 0 Å². The van der Waals surface area contributed by atoms with Crippen LogP contribution in [0.2, 0.25) is 0 Å². The monoisotopic (exact) mass is 139 g/mol. The average molecular weight is 139 g/mol. The summed E-state index contributed by atoms with van der Waals surface area (Å²) in [5.41, 5.74) is 1.47. The molecular weight excluding hydrogens is 122 g/mol. The minimum absolute atomic E-state index is 0.981. The number of nitrogens with zero attached hydrogens (tertiary/aromatic N) is 1. The van der Waals surface area contributed by atoms with Crippen LogP contribution < -0.4 is 0 Å². The van der Waals surface area contributed by atoms with Gasteiger partial charge in [0, 0.05) is 12.3 Å². The Kier molecular flexibility index (Phi) is 3.48. The zero-order valence-corrected chi connectivity index (χ0v) is 6.90. The molecule has 0 bridgehead atoms. The molecule has 0 aromatic heterocycles. The maximum absolute atomic E-state index is 4.46. The van der Waals surface area contributed by atoms with Crippen molar-refractivity contribution in [3.05, 3.63) is 0 Å². The Hall–Kier alpha value is -0.330. The van der Waals surface area contributed by atoms with E-state index in [0.29, 0.717) is 0 Å². The van der Waals surface area contributed by atoms with Crippen molar-refractivity contribution in [2.45, 2.75) is 45.4 Å². The molecule has 0 aromatic rings. The number of aliphatic imine (C=N–C) groups is 1. The fourth-order valence-corrected chi connectivity index (χ4v) is 1.52. The molecule has 58 valence electrons. The zero-order chi connectivity index (χ0) is 7.23. The van der Waals surface area contributed by atoms with Crippen molar-refractivity contribution in [2.24, 2.45) is 4.99 Å². The molecule has 0 atom stereocenters. The smallest absolute Gasteiger partial charge is 0.0360 e. The van der Waals surface area contributed by atoms with Crippen molar-refractivity contribution in [3.8, 4) is 0 Å². The quantitative estimate of drug-likeness (QED) is 0.495. The molecule has 0 N–H and O–H groups in total. The van der Waals surface area contributed by atoms with E-state index in [0.717, 1.165) is 6.54 Å². The third kappa shape index (κ3) is 2.51. The first-order valence-corrected chi connectivity index (χ1v) is 4.45. The van der Waals surface area contributed by atoms with Gasteiger partial charge in [-0.3, -0.25) is 4.99 Å². The van der Waals surface area contributed by atoms with Gasteiger partial charge < -0.3 is 0 Å². The molecule has 1 rings (SSSR count). The third-order valence-corrected chi connectivity index (χ3v) is 2.06. The summed E-state index contributed by atoms with van der Waals surface area (Å²) in [5.74, 6) is 0. The Morgan fingerprint density at radius 2 is 1.70 bits per heavy atom. The summed E-state index contributed by atoms with van der Waals surface area (Å²) in [7, 11) is 0. The highest BCUT2D eigenvalue weighted by Crippen LogP contribution is 2.14. The second kappa shape index (κ2) is 4.48. The van der Waals surface area contributed by atoms with Crippen LogP contribution in [0.25, 0.3) is 0 Å². The Bertz CT molecular complexity index is 106. The fraction of sp³-hybridized carbons (Fsp3) is 0.889. The molecular formula is C9H17N. The van der Waals surface area contributed by atoms with Crippen molar-refractivity contribution in [1.82, 2.24) is 0 Å². The molecule has 1 heteroatoms. The van der Waals surface area contributed by atoms with Crippen LogP contribution in [0.1, 0.15) is 45.4 Å². The Balaban J connectivity index is 2.35. The molecule has 1 aliphatic carbocycles. The second-order valence-electron chi connectivity index (χ2n) is 2.95. The normalized spacial score (nSPS) is 20.3. The summed E-state index contributed by atoms with van der Waals surface area (Å²) < 4.78 is 0. The summed E-state index contributed by atoms with van der Waals surface area (Å²) >= 11 is 0. The van der Waals surface area contributed by atoms with Gasteiger partial charge in [0.1, 0.15) is 0 Å². The number of rotatable bonds is 1. The van der Waals surface area contributed by atoms with Gasteiger partial charge in [-0.1, -0.05) is 12.8 Å². The van der Waals surface area contributed by atoms with E-state index in [2.05, 4.69) is 11.9 Å². The topological polar surface area (TPSA) is 12.4 Å². The molecule has 0 aromatic carbocycles. The highest BCUT2D eigenvalue weighted by molar-refractivity contribution is 5.84. The van der Waals surface area contributed by atoms with Gasteiger partial charge >= 0.3 is 0 Å². The largest absolute Gasteiger partial charge is 0.294 e. The van der Waals surface area contributed by atoms with Gasteiger partial charge in [0.15, 0.2) is 0 Å². The predicted octanol–water partition coefficient (Wildman–Crippen LogP) is 2.80. The summed E-state index contributed by atoms with van der Waals surface area (Å²) in [6.07, 6.45) is 8.13. The van der Waals surface area contributed by atoms with Crippen LogP contribution >= 0.6 is 0 Å². The van der Waals surface area contributed by atoms with E-state index in [1.165, 1.54) is 44.2 Å². The minimum atomic E-state index is 0.981. The van der Waals surface area contributed by atoms with Gasteiger partial charge in [-0.25, -0.2) is 0 Å². The molecule has 10 heavy (non-hydrogen) atoms. The maximum Gasteiger partial charge on any atom is 0.0360 e. The van der Waals surface area contributed by atoms with Crippen molar-refractivity contribution >= 4 is 5.71 Å². The molecule has 1 nitrogen and oxygen atoms in total. The molecule has 1 saturated carbocycles. The van der Waals surface area contributed by atoms with E-state index in [4.69, 9.17) is 0 Å². The molecule has 0 unspecified atom stereocenters. The van der Waals surface area contributed by atoms with E-state index in [1.807, 2.05) is 0 Å². The summed E-state index contributed by atoms with van der Waals surface area (Å²) in [4.78, 5) is 4.46. The van der Waals surface area contributed by atoms with Crippen LogP contribution in [0.15, 0.2) is 4.99 Å². The van der Waals surface area contributed by atoms with E-state index < -0.39 is 0 Å². The number of hydrogen-bond donors (Lipinski definition) is 0. The summed E-state index contributed by atoms with van der Waals surface area (Å²) in [6.45, 7) is 3.10. The molecule has 0 amide bonds.